The molecule has 0 fully saturated rings. The molecule has 0 heterocycles. The first kappa shape index (κ1) is 14.4. The Morgan fingerprint density at radius 1 is 1.21 bits per heavy atom. The maximum absolute atomic E-state index is 12.4. The molecule has 0 amide bonds. The van der Waals surface area contributed by atoms with Crippen LogP contribution in [-0.2, 0) is 16.6 Å². The Hall–Kier alpha value is -1.03. The number of rotatable bonds is 3. The lowest BCUT2D eigenvalue weighted by Gasteiger charge is -2.09. The van der Waals surface area contributed by atoms with Crippen LogP contribution in [0.5, 0.6) is 0 Å². The minimum absolute atomic E-state index is 0.348. The van der Waals surface area contributed by atoms with Crippen LogP contribution in [-0.4, -0.2) is 4.21 Å². The Kier molecular flexibility index (Phi) is 4.50. The number of anilines is 1. The fourth-order valence-electron chi connectivity index (χ4n) is 1.74. The van der Waals surface area contributed by atoms with Crippen LogP contribution in [0.4, 0.5) is 5.69 Å². The summed E-state index contributed by atoms with van der Waals surface area (Å²) in [5.74, 6) is 0.348. The van der Waals surface area contributed by atoms with Crippen molar-refractivity contribution < 1.29 is 4.21 Å². The first-order valence-electron chi connectivity index (χ1n) is 5.66. The van der Waals surface area contributed by atoms with Gasteiger partial charge >= 0.3 is 0 Å². The molecule has 1 unspecified atom stereocenters. The van der Waals surface area contributed by atoms with Crippen molar-refractivity contribution in [2.24, 2.45) is 0 Å². The molecule has 0 aliphatic heterocycles. The van der Waals surface area contributed by atoms with E-state index in [4.69, 9.17) is 28.9 Å². The largest absolute Gasteiger partial charge is 0.398 e. The van der Waals surface area contributed by atoms with Crippen molar-refractivity contribution in [1.82, 2.24) is 0 Å². The van der Waals surface area contributed by atoms with Gasteiger partial charge in [0.1, 0.15) is 0 Å². The van der Waals surface area contributed by atoms with E-state index in [1.165, 1.54) is 0 Å². The number of hydrogen-bond acceptors (Lipinski definition) is 2. The lowest BCUT2D eigenvalue weighted by Crippen LogP contribution is -2.01. The van der Waals surface area contributed by atoms with E-state index in [0.29, 0.717) is 21.5 Å². The van der Waals surface area contributed by atoms with Gasteiger partial charge in [-0.3, -0.25) is 4.21 Å². The first-order valence-corrected chi connectivity index (χ1v) is 7.74. The van der Waals surface area contributed by atoms with Gasteiger partial charge in [0.15, 0.2) is 0 Å². The monoisotopic (exact) mass is 313 g/mol. The zero-order valence-corrected chi connectivity index (χ0v) is 12.6. The molecule has 100 valence electrons. The highest BCUT2D eigenvalue weighted by Gasteiger charge is 2.12. The number of halogens is 2. The summed E-state index contributed by atoms with van der Waals surface area (Å²) in [7, 11) is -1.18. The third kappa shape index (κ3) is 3.30. The molecule has 2 rings (SSSR count). The summed E-state index contributed by atoms with van der Waals surface area (Å²) in [6.45, 7) is 1.87. The van der Waals surface area contributed by atoms with Crippen molar-refractivity contribution in [1.29, 1.82) is 0 Å². The van der Waals surface area contributed by atoms with Crippen LogP contribution in [0, 0.1) is 6.92 Å². The van der Waals surface area contributed by atoms with Crippen molar-refractivity contribution >= 4 is 39.7 Å². The first-order chi connectivity index (χ1) is 8.99. The fourth-order valence-corrected chi connectivity index (χ4v) is 3.67. The van der Waals surface area contributed by atoms with Gasteiger partial charge in [-0.25, -0.2) is 0 Å². The fraction of sp³-hybridized carbons (Fsp3) is 0.143. The van der Waals surface area contributed by atoms with Crippen LogP contribution in [0.2, 0.25) is 10.0 Å². The Morgan fingerprint density at radius 2 is 1.95 bits per heavy atom. The van der Waals surface area contributed by atoms with E-state index in [-0.39, 0.29) is 0 Å². The Balaban J connectivity index is 2.28. The van der Waals surface area contributed by atoms with Crippen molar-refractivity contribution in [2.45, 2.75) is 17.6 Å². The lowest BCUT2D eigenvalue weighted by atomic mass is 10.2. The van der Waals surface area contributed by atoms with E-state index in [2.05, 4.69) is 0 Å². The van der Waals surface area contributed by atoms with Crippen LogP contribution in [0.25, 0.3) is 0 Å². The molecule has 2 nitrogen and oxygen atoms in total. The van der Waals surface area contributed by atoms with E-state index < -0.39 is 10.8 Å². The SMILES string of the molecule is Cc1c(N)cccc1S(=O)Cc1ccc(Cl)cc1Cl. The molecule has 2 N–H and O–H groups in total. The molecule has 0 aromatic heterocycles. The zero-order chi connectivity index (χ0) is 14.0. The normalized spacial score (nSPS) is 12.4. The lowest BCUT2D eigenvalue weighted by molar-refractivity contribution is 0.682. The predicted octanol–water partition coefficient (Wildman–Crippen LogP) is 4.19. The summed E-state index contributed by atoms with van der Waals surface area (Å²) in [5, 5.41) is 1.10. The minimum atomic E-state index is -1.18. The molecular weight excluding hydrogens is 301 g/mol. The molecule has 19 heavy (non-hydrogen) atoms. The molecule has 2 aromatic rings. The van der Waals surface area contributed by atoms with E-state index in [0.717, 1.165) is 16.0 Å². The quantitative estimate of drug-likeness (QED) is 0.863. The standard InChI is InChI=1S/C14H13Cl2NOS/c1-9-13(17)3-2-4-14(9)19(18)8-10-5-6-11(15)7-12(10)16/h2-7H,8,17H2,1H3. The Morgan fingerprint density at radius 3 is 2.63 bits per heavy atom. The number of hydrogen-bond donors (Lipinski definition) is 1. The maximum Gasteiger partial charge on any atom is 0.0578 e. The van der Waals surface area contributed by atoms with Gasteiger partial charge in [-0.2, -0.15) is 0 Å². The smallest absolute Gasteiger partial charge is 0.0578 e. The van der Waals surface area contributed by atoms with Crippen molar-refractivity contribution in [3.8, 4) is 0 Å². The molecule has 0 saturated heterocycles. The van der Waals surface area contributed by atoms with Gasteiger partial charge in [-0.15, -0.1) is 0 Å². The highest BCUT2D eigenvalue weighted by molar-refractivity contribution is 7.84. The summed E-state index contributed by atoms with van der Waals surface area (Å²) >= 11 is 11.9. The Bertz CT molecular complexity index is 643. The van der Waals surface area contributed by atoms with Gasteiger partial charge in [0.2, 0.25) is 0 Å². The molecule has 2 aromatic carbocycles. The van der Waals surface area contributed by atoms with Crippen LogP contribution in [0.15, 0.2) is 41.3 Å². The molecule has 5 heteroatoms. The summed E-state index contributed by atoms with van der Waals surface area (Å²) in [4.78, 5) is 0.742. The van der Waals surface area contributed by atoms with Gasteiger partial charge in [-0.1, -0.05) is 35.3 Å². The number of nitrogen functional groups attached to an aromatic ring is 1. The molecule has 0 spiro atoms. The van der Waals surface area contributed by atoms with E-state index in [9.17, 15) is 4.21 Å². The summed E-state index contributed by atoms with van der Waals surface area (Å²) in [6.07, 6.45) is 0. The van der Waals surface area contributed by atoms with E-state index in [1.54, 1.807) is 30.3 Å². The molecule has 1 atom stereocenters. The second-order valence-corrected chi connectivity index (χ2v) is 6.46. The summed E-state index contributed by atoms with van der Waals surface area (Å²) < 4.78 is 12.4. The maximum atomic E-state index is 12.4. The van der Waals surface area contributed by atoms with Gasteiger partial charge in [0, 0.05) is 20.6 Å². The second-order valence-electron chi connectivity index (χ2n) is 4.20. The van der Waals surface area contributed by atoms with Crippen molar-refractivity contribution in [3.05, 3.63) is 57.6 Å². The summed E-state index contributed by atoms with van der Waals surface area (Å²) in [5.41, 5.74) is 8.13. The van der Waals surface area contributed by atoms with Crippen LogP contribution < -0.4 is 5.73 Å². The molecule has 0 aliphatic carbocycles. The van der Waals surface area contributed by atoms with Gasteiger partial charge in [-0.05, 0) is 42.3 Å². The van der Waals surface area contributed by atoms with Crippen molar-refractivity contribution in [2.75, 3.05) is 5.73 Å². The van der Waals surface area contributed by atoms with Crippen LogP contribution >= 0.6 is 23.2 Å². The molecule has 0 saturated carbocycles. The third-order valence-corrected chi connectivity index (χ3v) is 4.97. The van der Waals surface area contributed by atoms with Crippen LogP contribution in [0.1, 0.15) is 11.1 Å². The highest BCUT2D eigenvalue weighted by atomic mass is 35.5. The predicted molar refractivity (Wildman–Crippen MR) is 82.2 cm³/mol. The minimum Gasteiger partial charge on any atom is -0.398 e. The molecule has 0 radical (unpaired) electrons. The molecular formula is C14H13Cl2NOS. The third-order valence-electron chi connectivity index (χ3n) is 2.87. The second kappa shape index (κ2) is 5.95. The van der Waals surface area contributed by atoms with E-state index >= 15 is 0 Å². The van der Waals surface area contributed by atoms with Gasteiger partial charge in [0.25, 0.3) is 0 Å². The highest BCUT2D eigenvalue weighted by Crippen LogP contribution is 2.26. The van der Waals surface area contributed by atoms with Gasteiger partial charge < -0.3 is 5.73 Å². The number of nitrogens with two attached hydrogens (primary N) is 1. The van der Waals surface area contributed by atoms with Gasteiger partial charge in [0.05, 0.1) is 16.6 Å². The zero-order valence-electron chi connectivity index (χ0n) is 10.3. The molecule has 0 aliphatic rings. The topological polar surface area (TPSA) is 43.1 Å². The molecule has 0 bridgehead atoms. The summed E-state index contributed by atoms with van der Waals surface area (Å²) in [6, 6.07) is 10.6. The average Bonchev–Trinajstić information content (AvgIpc) is 2.36. The average molecular weight is 314 g/mol. The van der Waals surface area contributed by atoms with Crippen molar-refractivity contribution in [3.63, 3.8) is 0 Å². The number of benzene rings is 2. The Labute approximate surface area is 125 Å². The van der Waals surface area contributed by atoms with Crippen LogP contribution in [0.3, 0.4) is 0 Å². The van der Waals surface area contributed by atoms with E-state index in [1.807, 2.05) is 13.0 Å².